The van der Waals surface area contributed by atoms with Crippen molar-refractivity contribution < 1.29 is 9.47 Å². The van der Waals surface area contributed by atoms with Crippen LogP contribution in [0.3, 0.4) is 0 Å². The van der Waals surface area contributed by atoms with E-state index in [2.05, 4.69) is 48.5 Å². The average molecular weight is 393 g/mol. The lowest BCUT2D eigenvalue weighted by Crippen LogP contribution is -2.17. The van der Waals surface area contributed by atoms with Gasteiger partial charge in [0.15, 0.2) is 0 Å². The molecule has 1 aromatic heterocycles. The van der Waals surface area contributed by atoms with Gasteiger partial charge >= 0.3 is 0 Å². The van der Waals surface area contributed by atoms with Crippen molar-refractivity contribution in [2.24, 2.45) is 9.98 Å². The van der Waals surface area contributed by atoms with Gasteiger partial charge in [-0.25, -0.2) is 15.0 Å². The van der Waals surface area contributed by atoms with Crippen LogP contribution in [0.1, 0.15) is 45.7 Å². The number of aliphatic imine (C=N–C) groups is 2. The molecule has 0 amide bonds. The molecule has 3 aromatic rings. The molecule has 0 fully saturated rings. The number of ether oxygens (including phenoxy) is 2. The summed E-state index contributed by atoms with van der Waals surface area (Å²) in [5.41, 5.74) is 6.67. The average Bonchev–Trinajstić information content (AvgIpc) is 3.52. The molecular weight excluding hydrogens is 374 g/mol. The van der Waals surface area contributed by atoms with Gasteiger partial charge in [-0.05, 0) is 34.4 Å². The Morgan fingerprint density at radius 1 is 0.600 bits per heavy atom. The molecule has 146 valence electrons. The number of hydrogen-bond acceptors (Lipinski definition) is 5. The number of pyridine rings is 1. The van der Waals surface area contributed by atoms with Crippen LogP contribution in [0.4, 0.5) is 0 Å². The first-order valence-electron chi connectivity index (χ1n) is 10.5. The zero-order valence-electron chi connectivity index (χ0n) is 16.2. The van der Waals surface area contributed by atoms with Gasteiger partial charge in [0, 0.05) is 12.8 Å². The molecule has 0 radical (unpaired) electrons. The normalized spacial score (nSPS) is 27.3. The molecule has 0 unspecified atom stereocenters. The Morgan fingerprint density at radius 3 is 1.63 bits per heavy atom. The summed E-state index contributed by atoms with van der Waals surface area (Å²) >= 11 is 0. The van der Waals surface area contributed by atoms with Crippen molar-refractivity contribution in [2.75, 3.05) is 0 Å². The fraction of sp³-hybridized carbons (Fsp3) is 0.240. The molecular formula is C25H19N3O2. The summed E-state index contributed by atoms with van der Waals surface area (Å²) in [5.74, 6) is 1.23. The van der Waals surface area contributed by atoms with Gasteiger partial charge < -0.3 is 9.47 Å². The standard InChI is InChI=1S/C25H19N3O2/c1-3-8-16-14(6-1)12-20-22(16)27-24(29-20)18-10-5-11-19(26-18)25-28-23-17-9-4-2-7-15(17)13-21(23)30-25/h1-11,20-23H,12-13H2/t20-,21-,22+,23+/m1/s1. The monoisotopic (exact) mass is 393 g/mol. The third-order valence-electron chi connectivity index (χ3n) is 6.52. The molecule has 7 rings (SSSR count). The van der Waals surface area contributed by atoms with Gasteiger partial charge in [0.1, 0.15) is 35.7 Å². The van der Waals surface area contributed by atoms with Crippen molar-refractivity contribution in [1.29, 1.82) is 0 Å². The second-order valence-corrected chi connectivity index (χ2v) is 8.28. The molecule has 2 aromatic carbocycles. The summed E-state index contributed by atoms with van der Waals surface area (Å²) in [6.07, 6.45) is 1.93. The lowest BCUT2D eigenvalue weighted by atomic mass is 10.1. The van der Waals surface area contributed by atoms with Crippen molar-refractivity contribution in [1.82, 2.24) is 4.98 Å². The minimum Gasteiger partial charge on any atom is -0.470 e. The number of aromatic nitrogens is 1. The van der Waals surface area contributed by atoms with Crippen LogP contribution >= 0.6 is 0 Å². The van der Waals surface area contributed by atoms with Crippen LogP contribution in [-0.2, 0) is 22.3 Å². The molecule has 3 heterocycles. The molecule has 0 bridgehead atoms. The quantitative estimate of drug-likeness (QED) is 0.662. The van der Waals surface area contributed by atoms with Crippen molar-refractivity contribution >= 4 is 11.8 Å². The molecule has 4 aliphatic rings. The van der Waals surface area contributed by atoms with E-state index in [0.29, 0.717) is 11.8 Å². The van der Waals surface area contributed by atoms with E-state index < -0.39 is 0 Å². The van der Waals surface area contributed by atoms with Crippen LogP contribution in [-0.4, -0.2) is 29.0 Å². The van der Waals surface area contributed by atoms with Crippen molar-refractivity contribution in [3.05, 3.63) is 100 Å². The van der Waals surface area contributed by atoms with Crippen LogP contribution in [0.15, 0.2) is 76.7 Å². The maximum Gasteiger partial charge on any atom is 0.236 e. The zero-order valence-corrected chi connectivity index (χ0v) is 16.2. The maximum atomic E-state index is 6.20. The van der Waals surface area contributed by atoms with Gasteiger partial charge in [-0.2, -0.15) is 0 Å². The molecule has 5 nitrogen and oxygen atoms in total. The van der Waals surface area contributed by atoms with Gasteiger partial charge in [-0.3, -0.25) is 0 Å². The second-order valence-electron chi connectivity index (χ2n) is 8.28. The Morgan fingerprint density at radius 2 is 1.10 bits per heavy atom. The lowest BCUT2D eigenvalue weighted by molar-refractivity contribution is 0.205. The summed E-state index contributed by atoms with van der Waals surface area (Å²) < 4.78 is 12.4. The highest BCUT2D eigenvalue weighted by Gasteiger charge is 2.41. The van der Waals surface area contributed by atoms with E-state index >= 15 is 0 Å². The van der Waals surface area contributed by atoms with E-state index in [1.54, 1.807) is 0 Å². The predicted molar refractivity (Wildman–Crippen MR) is 113 cm³/mol. The Bertz CT molecular complexity index is 1160. The SMILES string of the molecule is c1cc(C2=N[C@H]3c4ccccc4C[C@H]3O2)nc(C2=N[C@H]3c4ccccc4C[C@H]3O2)c1. The first kappa shape index (κ1) is 16.3. The summed E-state index contributed by atoms with van der Waals surface area (Å²) in [6, 6.07) is 22.9. The first-order chi connectivity index (χ1) is 14.8. The van der Waals surface area contributed by atoms with Crippen LogP contribution in [0.2, 0.25) is 0 Å². The summed E-state index contributed by atoms with van der Waals surface area (Å²) in [4.78, 5) is 14.5. The van der Waals surface area contributed by atoms with Gasteiger partial charge in [0.05, 0.1) is 0 Å². The maximum absolute atomic E-state index is 6.20. The Kier molecular flexibility index (Phi) is 3.28. The van der Waals surface area contributed by atoms with Gasteiger partial charge in [-0.15, -0.1) is 0 Å². The molecule has 0 N–H and O–H groups in total. The third kappa shape index (κ3) is 2.32. The summed E-state index contributed by atoms with van der Waals surface area (Å²) in [7, 11) is 0. The van der Waals surface area contributed by atoms with Gasteiger partial charge in [0.2, 0.25) is 11.8 Å². The molecule has 0 spiro atoms. The molecule has 5 heteroatoms. The molecule has 2 aliphatic carbocycles. The minimum absolute atomic E-state index is 0.0672. The number of rotatable bonds is 2. The van der Waals surface area contributed by atoms with Crippen LogP contribution in [0, 0.1) is 0 Å². The number of benzene rings is 2. The molecule has 4 atom stereocenters. The van der Waals surface area contributed by atoms with Crippen molar-refractivity contribution in [3.63, 3.8) is 0 Å². The largest absolute Gasteiger partial charge is 0.470 e. The number of nitrogens with zero attached hydrogens (tertiary/aromatic N) is 3. The second kappa shape index (κ2) is 6.02. The van der Waals surface area contributed by atoms with Crippen LogP contribution in [0.25, 0.3) is 0 Å². The van der Waals surface area contributed by atoms with Crippen LogP contribution < -0.4 is 0 Å². The fourth-order valence-electron chi connectivity index (χ4n) is 5.12. The van der Waals surface area contributed by atoms with Crippen LogP contribution in [0.5, 0.6) is 0 Å². The highest BCUT2D eigenvalue weighted by molar-refractivity contribution is 5.97. The Hall–Kier alpha value is -3.47. The summed E-state index contributed by atoms with van der Waals surface area (Å²) in [5, 5.41) is 0. The zero-order chi connectivity index (χ0) is 19.7. The van der Waals surface area contributed by atoms with Gasteiger partial charge in [-0.1, -0.05) is 54.6 Å². The van der Waals surface area contributed by atoms with E-state index in [9.17, 15) is 0 Å². The predicted octanol–water partition coefficient (Wildman–Crippen LogP) is 3.97. The van der Waals surface area contributed by atoms with E-state index in [1.807, 2.05) is 18.2 Å². The Labute approximate surface area is 174 Å². The van der Waals surface area contributed by atoms with Crippen molar-refractivity contribution in [2.45, 2.75) is 37.1 Å². The van der Waals surface area contributed by atoms with E-state index in [0.717, 1.165) is 24.2 Å². The highest BCUT2D eigenvalue weighted by atomic mass is 16.5. The van der Waals surface area contributed by atoms with E-state index in [4.69, 9.17) is 24.4 Å². The fourth-order valence-corrected chi connectivity index (χ4v) is 5.12. The first-order valence-corrected chi connectivity index (χ1v) is 10.5. The van der Waals surface area contributed by atoms with E-state index in [-0.39, 0.29) is 24.3 Å². The molecule has 0 saturated heterocycles. The number of hydrogen-bond donors (Lipinski definition) is 0. The third-order valence-corrected chi connectivity index (χ3v) is 6.52. The van der Waals surface area contributed by atoms with E-state index in [1.165, 1.54) is 22.3 Å². The summed E-state index contributed by atoms with van der Waals surface area (Å²) in [6.45, 7) is 0. The lowest BCUT2D eigenvalue weighted by Gasteiger charge is -2.10. The molecule has 0 saturated carbocycles. The highest BCUT2D eigenvalue weighted by Crippen LogP contribution is 2.42. The molecule has 30 heavy (non-hydrogen) atoms. The smallest absolute Gasteiger partial charge is 0.236 e. The number of fused-ring (bicyclic) bond motifs is 6. The van der Waals surface area contributed by atoms with Gasteiger partial charge in [0.25, 0.3) is 0 Å². The minimum atomic E-state index is 0.0672. The topological polar surface area (TPSA) is 56.1 Å². The Balaban J connectivity index is 1.20. The molecule has 2 aliphatic heterocycles. The van der Waals surface area contributed by atoms with Crippen molar-refractivity contribution in [3.8, 4) is 0 Å².